The van der Waals surface area contributed by atoms with Crippen molar-refractivity contribution >= 4 is 42.2 Å². The molecule has 26 heavy (non-hydrogen) atoms. The van der Waals surface area contributed by atoms with Crippen LogP contribution >= 0.6 is 24.8 Å². The molecule has 2 rings (SSSR count). The van der Waals surface area contributed by atoms with E-state index in [1.165, 1.54) is 0 Å². The molecule has 0 spiro atoms. The van der Waals surface area contributed by atoms with E-state index in [2.05, 4.69) is 15.6 Å². The second-order valence-corrected chi connectivity index (χ2v) is 5.50. The minimum atomic E-state index is -0.169. The molecule has 4 N–H and O–H groups in total. The minimum Gasteiger partial charge on any atom is -0.494 e. The molecule has 8 heteroatoms. The monoisotopic (exact) mass is 400 g/mol. The Morgan fingerprint density at radius 3 is 2.54 bits per heavy atom. The number of nitrogens with zero attached hydrogens (tertiary/aromatic N) is 1. The summed E-state index contributed by atoms with van der Waals surface area (Å²) in [6.45, 7) is 5.01. The molecule has 1 amide bonds. The molecular weight excluding hydrogens is 375 g/mol. The van der Waals surface area contributed by atoms with E-state index in [1.807, 2.05) is 38.1 Å². The number of halogens is 2. The minimum absolute atomic E-state index is 0. The molecule has 0 fully saturated rings. The molecule has 1 unspecified atom stereocenters. The molecule has 144 valence electrons. The van der Waals surface area contributed by atoms with E-state index in [-0.39, 0.29) is 36.8 Å². The van der Waals surface area contributed by atoms with Crippen LogP contribution in [0.15, 0.2) is 42.6 Å². The Kier molecular flexibility index (Phi) is 11.4. The summed E-state index contributed by atoms with van der Waals surface area (Å²) in [7, 11) is 0. The fraction of sp³-hybridized carbons (Fsp3) is 0.333. The third-order valence-electron chi connectivity index (χ3n) is 3.37. The van der Waals surface area contributed by atoms with Crippen molar-refractivity contribution in [2.45, 2.75) is 26.3 Å². The summed E-state index contributed by atoms with van der Waals surface area (Å²) < 4.78 is 5.42. The van der Waals surface area contributed by atoms with Gasteiger partial charge in [0, 0.05) is 24.5 Å². The van der Waals surface area contributed by atoms with Crippen molar-refractivity contribution < 1.29 is 9.53 Å². The van der Waals surface area contributed by atoms with Crippen LogP contribution in [-0.2, 0) is 0 Å². The topological polar surface area (TPSA) is 89.3 Å². The third kappa shape index (κ3) is 7.47. The van der Waals surface area contributed by atoms with Gasteiger partial charge in [-0.3, -0.25) is 4.79 Å². The van der Waals surface area contributed by atoms with E-state index in [0.29, 0.717) is 24.5 Å². The molecule has 0 radical (unpaired) electrons. The maximum Gasteiger partial charge on any atom is 0.255 e. The fourth-order valence-electron chi connectivity index (χ4n) is 2.13. The molecule has 0 saturated carbocycles. The molecule has 1 heterocycles. The van der Waals surface area contributed by atoms with Crippen molar-refractivity contribution in [2.24, 2.45) is 5.73 Å². The van der Waals surface area contributed by atoms with E-state index in [1.54, 1.807) is 18.3 Å². The first-order chi connectivity index (χ1) is 11.6. The smallest absolute Gasteiger partial charge is 0.255 e. The van der Waals surface area contributed by atoms with Gasteiger partial charge in [-0.15, -0.1) is 24.8 Å². The van der Waals surface area contributed by atoms with Gasteiger partial charge in [0.05, 0.1) is 12.2 Å². The van der Waals surface area contributed by atoms with Crippen LogP contribution in [0, 0.1) is 0 Å². The van der Waals surface area contributed by atoms with Gasteiger partial charge in [0.1, 0.15) is 11.6 Å². The number of nitrogens with one attached hydrogen (secondary N) is 2. The number of carbonyl (C=O) groups is 1. The average molecular weight is 401 g/mol. The Hall–Kier alpha value is -2.02. The van der Waals surface area contributed by atoms with Gasteiger partial charge in [0.25, 0.3) is 5.91 Å². The number of nitrogens with two attached hydrogens (primary N) is 1. The van der Waals surface area contributed by atoms with E-state index in [4.69, 9.17) is 10.5 Å². The number of pyridine rings is 1. The van der Waals surface area contributed by atoms with Crippen LogP contribution in [0.25, 0.3) is 0 Å². The van der Waals surface area contributed by atoms with Crippen molar-refractivity contribution in [3.8, 4) is 5.75 Å². The van der Waals surface area contributed by atoms with Gasteiger partial charge in [-0.2, -0.15) is 0 Å². The standard InChI is InChI=1S/C18H24N4O2.2ClH/c1-3-24-15-8-6-14(7-9-15)22-17-16(5-4-11-20-17)18(23)21-12-10-13(2)19;;/h4-9,11,13H,3,10,12,19H2,1-2H3,(H,20,22)(H,21,23);2*1H. The Morgan fingerprint density at radius 2 is 1.92 bits per heavy atom. The van der Waals surface area contributed by atoms with Gasteiger partial charge in [-0.05, 0) is 56.7 Å². The highest BCUT2D eigenvalue weighted by Crippen LogP contribution is 2.21. The summed E-state index contributed by atoms with van der Waals surface area (Å²) in [5.74, 6) is 1.15. The van der Waals surface area contributed by atoms with Crippen LogP contribution in [0.1, 0.15) is 30.6 Å². The van der Waals surface area contributed by atoms with Crippen LogP contribution in [0.5, 0.6) is 5.75 Å². The molecule has 6 nitrogen and oxygen atoms in total. The Balaban J connectivity index is 0.00000312. The van der Waals surface area contributed by atoms with Crippen molar-refractivity contribution in [1.29, 1.82) is 0 Å². The first kappa shape index (κ1) is 24.0. The SMILES string of the molecule is CCOc1ccc(Nc2ncccc2C(=O)NCCC(C)N)cc1.Cl.Cl. The zero-order valence-electron chi connectivity index (χ0n) is 14.9. The summed E-state index contributed by atoms with van der Waals surface area (Å²) >= 11 is 0. The Labute approximate surface area is 166 Å². The number of hydrogen-bond acceptors (Lipinski definition) is 5. The second kappa shape index (κ2) is 12.4. The quantitative estimate of drug-likeness (QED) is 0.630. The largest absolute Gasteiger partial charge is 0.494 e. The lowest BCUT2D eigenvalue weighted by Gasteiger charge is -2.12. The highest BCUT2D eigenvalue weighted by atomic mass is 35.5. The van der Waals surface area contributed by atoms with Crippen LogP contribution in [-0.4, -0.2) is 30.1 Å². The van der Waals surface area contributed by atoms with Gasteiger partial charge in [-0.25, -0.2) is 4.98 Å². The molecular formula is C18H26Cl2N4O2. The fourth-order valence-corrected chi connectivity index (χ4v) is 2.13. The van der Waals surface area contributed by atoms with Crippen molar-refractivity contribution in [3.05, 3.63) is 48.2 Å². The predicted molar refractivity (Wildman–Crippen MR) is 110 cm³/mol. The van der Waals surface area contributed by atoms with Crippen molar-refractivity contribution in [1.82, 2.24) is 10.3 Å². The highest BCUT2D eigenvalue weighted by Gasteiger charge is 2.12. The molecule has 0 aliphatic rings. The van der Waals surface area contributed by atoms with Gasteiger partial charge in [0.2, 0.25) is 0 Å². The number of aromatic nitrogens is 1. The molecule has 0 saturated heterocycles. The van der Waals surface area contributed by atoms with E-state index >= 15 is 0 Å². The van der Waals surface area contributed by atoms with Crippen molar-refractivity contribution in [2.75, 3.05) is 18.5 Å². The first-order valence-corrected chi connectivity index (χ1v) is 8.09. The lowest BCUT2D eigenvalue weighted by Crippen LogP contribution is -2.29. The maximum atomic E-state index is 12.3. The lowest BCUT2D eigenvalue weighted by molar-refractivity contribution is 0.0953. The number of ether oxygens (including phenoxy) is 1. The van der Waals surface area contributed by atoms with Crippen LogP contribution in [0.2, 0.25) is 0 Å². The summed E-state index contributed by atoms with van der Waals surface area (Å²) in [6, 6.07) is 11.1. The van der Waals surface area contributed by atoms with Crippen LogP contribution in [0.4, 0.5) is 11.5 Å². The molecule has 1 aromatic carbocycles. The number of hydrogen-bond donors (Lipinski definition) is 3. The number of carbonyl (C=O) groups excluding carboxylic acids is 1. The van der Waals surface area contributed by atoms with E-state index in [0.717, 1.165) is 17.9 Å². The average Bonchev–Trinajstić information content (AvgIpc) is 2.57. The summed E-state index contributed by atoms with van der Waals surface area (Å²) in [5.41, 5.74) is 7.03. The molecule has 1 atom stereocenters. The number of rotatable bonds is 8. The molecule has 2 aromatic rings. The lowest BCUT2D eigenvalue weighted by atomic mass is 10.2. The number of amides is 1. The summed E-state index contributed by atoms with van der Waals surface area (Å²) in [6.07, 6.45) is 2.38. The van der Waals surface area contributed by atoms with Gasteiger partial charge in [0.15, 0.2) is 0 Å². The maximum absolute atomic E-state index is 12.3. The summed E-state index contributed by atoms with van der Waals surface area (Å²) in [4.78, 5) is 16.6. The van der Waals surface area contributed by atoms with Gasteiger partial charge in [-0.1, -0.05) is 0 Å². The predicted octanol–water partition coefficient (Wildman–Crippen LogP) is 3.53. The normalized spacial score (nSPS) is 10.7. The van der Waals surface area contributed by atoms with Gasteiger partial charge < -0.3 is 21.1 Å². The molecule has 1 aromatic heterocycles. The molecule has 0 bridgehead atoms. The Morgan fingerprint density at radius 1 is 1.23 bits per heavy atom. The van der Waals surface area contributed by atoms with E-state index in [9.17, 15) is 4.79 Å². The second-order valence-electron chi connectivity index (χ2n) is 5.50. The first-order valence-electron chi connectivity index (χ1n) is 8.09. The van der Waals surface area contributed by atoms with Crippen molar-refractivity contribution in [3.63, 3.8) is 0 Å². The molecule has 0 aliphatic heterocycles. The highest BCUT2D eigenvalue weighted by molar-refractivity contribution is 5.99. The number of benzene rings is 1. The van der Waals surface area contributed by atoms with Crippen LogP contribution < -0.4 is 21.1 Å². The Bertz CT molecular complexity index is 666. The zero-order chi connectivity index (χ0) is 17.4. The van der Waals surface area contributed by atoms with E-state index < -0.39 is 0 Å². The summed E-state index contributed by atoms with van der Waals surface area (Å²) in [5, 5.41) is 6.03. The van der Waals surface area contributed by atoms with Crippen LogP contribution in [0.3, 0.4) is 0 Å². The number of anilines is 2. The van der Waals surface area contributed by atoms with Gasteiger partial charge >= 0.3 is 0 Å². The molecule has 0 aliphatic carbocycles. The third-order valence-corrected chi connectivity index (χ3v) is 3.37. The zero-order valence-corrected chi connectivity index (χ0v) is 16.5.